The molecule has 1 aromatic carbocycles. The molecular weight excluding hydrogens is 254 g/mol. The average Bonchev–Trinajstić information content (AvgIpc) is 2.54. The second-order valence-electron chi connectivity index (χ2n) is 6.64. The third-order valence-electron chi connectivity index (χ3n) is 5.51. The number of hydrogen-bond donors (Lipinski definition) is 1. The van der Waals surface area contributed by atoms with Crippen molar-refractivity contribution >= 4 is 17.5 Å². The third-order valence-corrected chi connectivity index (χ3v) is 5.51. The molecule has 2 bridgehead atoms. The topological polar surface area (TPSA) is 57.6 Å². The normalized spacial score (nSPS) is 31.8. The Hall–Kier alpha value is -1.84. The van der Waals surface area contributed by atoms with E-state index >= 15 is 0 Å². The monoisotopic (exact) mass is 273 g/mol. The van der Waals surface area contributed by atoms with Crippen LogP contribution in [0.3, 0.4) is 0 Å². The van der Waals surface area contributed by atoms with Crippen molar-refractivity contribution in [3.63, 3.8) is 0 Å². The Morgan fingerprint density at radius 3 is 2.60 bits per heavy atom. The van der Waals surface area contributed by atoms with Crippen molar-refractivity contribution in [1.82, 2.24) is 0 Å². The number of rotatable bonds is 1. The van der Waals surface area contributed by atoms with Gasteiger partial charge in [-0.3, -0.25) is 9.59 Å². The number of nitrogens with zero attached hydrogens (tertiary/aromatic N) is 1. The minimum absolute atomic E-state index is 0.0606. The molecule has 3 rings (SSSR count). The van der Waals surface area contributed by atoms with E-state index in [4.69, 9.17) is 0 Å². The Balaban J connectivity index is 2.12. The van der Waals surface area contributed by atoms with E-state index in [2.05, 4.69) is 0 Å². The van der Waals surface area contributed by atoms with Crippen LogP contribution in [0.4, 0.5) is 5.69 Å². The van der Waals surface area contributed by atoms with Crippen LogP contribution < -0.4 is 4.90 Å². The molecule has 1 saturated heterocycles. The molecule has 0 radical (unpaired) electrons. The van der Waals surface area contributed by atoms with Gasteiger partial charge in [-0.15, -0.1) is 0 Å². The summed E-state index contributed by atoms with van der Waals surface area (Å²) in [5.41, 5.74) is -0.362. The Kier molecular flexibility index (Phi) is 2.53. The molecule has 0 unspecified atom stereocenters. The smallest absolute Gasteiger partial charge is 0.240 e. The Bertz CT molecular complexity index is 607. The number of aromatic hydroxyl groups is 1. The molecule has 2 atom stereocenters. The number of imide groups is 1. The lowest BCUT2D eigenvalue weighted by molar-refractivity contribution is -0.146. The lowest BCUT2D eigenvalue weighted by Gasteiger charge is -2.47. The standard InChI is InChI=1S/C16H19NO3/c1-15(2)12-7-8-16(15,3)14(20)17(13(12)19)10-5-4-6-11(18)9-10/h4-6,9,12,18H,7-8H2,1-3H3/t12-,16-/m0/s1. The van der Waals surface area contributed by atoms with Crippen molar-refractivity contribution < 1.29 is 14.7 Å². The maximum absolute atomic E-state index is 12.9. The zero-order valence-corrected chi connectivity index (χ0v) is 12.0. The molecule has 0 spiro atoms. The lowest BCUT2D eigenvalue weighted by atomic mass is 9.62. The van der Waals surface area contributed by atoms with E-state index in [1.54, 1.807) is 12.1 Å². The summed E-state index contributed by atoms with van der Waals surface area (Å²) >= 11 is 0. The van der Waals surface area contributed by atoms with Crippen LogP contribution in [0.2, 0.25) is 0 Å². The van der Waals surface area contributed by atoms with Gasteiger partial charge in [-0.2, -0.15) is 0 Å². The van der Waals surface area contributed by atoms with Crippen LogP contribution in [0, 0.1) is 16.7 Å². The summed E-state index contributed by atoms with van der Waals surface area (Å²) in [4.78, 5) is 26.8. The van der Waals surface area contributed by atoms with Crippen molar-refractivity contribution in [2.75, 3.05) is 4.90 Å². The van der Waals surface area contributed by atoms with Crippen LogP contribution >= 0.6 is 0 Å². The highest BCUT2D eigenvalue weighted by molar-refractivity contribution is 6.20. The van der Waals surface area contributed by atoms with E-state index in [-0.39, 0.29) is 28.9 Å². The highest BCUT2D eigenvalue weighted by Gasteiger charge is 2.64. The van der Waals surface area contributed by atoms with Crippen LogP contribution in [-0.4, -0.2) is 16.9 Å². The first-order valence-electron chi connectivity index (χ1n) is 6.96. The van der Waals surface area contributed by atoms with Gasteiger partial charge in [-0.05, 0) is 30.4 Å². The average molecular weight is 273 g/mol. The Labute approximate surface area is 118 Å². The number of carbonyl (C=O) groups is 2. The number of phenolic OH excluding ortho intramolecular Hbond substituents is 1. The molecule has 2 aliphatic rings. The number of amides is 2. The summed E-state index contributed by atoms with van der Waals surface area (Å²) < 4.78 is 0. The van der Waals surface area contributed by atoms with Gasteiger partial charge in [-0.1, -0.05) is 26.8 Å². The van der Waals surface area contributed by atoms with E-state index in [9.17, 15) is 14.7 Å². The number of piperidine rings is 1. The fraction of sp³-hybridized carbons (Fsp3) is 0.500. The van der Waals surface area contributed by atoms with Crippen LogP contribution in [0.5, 0.6) is 5.75 Å². The maximum Gasteiger partial charge on any atom is 0.240 e. The zero-order chi connectivity index (χ0) is 14.7. The largest absolute Gasteiger partial charge is 0.508 e. The fourth-order valence-corrected chi connectivity index (χ4v) is 3.69. The molecule has 1 aliphatic carbocycles. The van der Waals surface area contributed by atoms with Crippen LogP contribution in [0.1, 0.15) is 33.6 Å². The summed E-state index contributed by atoms with van der Waals surface area (Å²) in [6.07, 6.45) is 1.49. The van der Waals surface area contributed by atoms with Crippen LogP contribution in [0.15, 0.2) is 24.3 Å². The SMILES string of the molecule is CC1(C)[C@H]2CC[C@@]1(C)C(=O)N(c1cccc(O)c1)C2=O. The summed E-state index contributed by atoms with van der Waals surface area (Å²) in [5.74, 6) is -0.356. The minimum Gasteiger partial charge on any atom is -0.508 e. The predicted molar refractivity (Wildman–Crippen MR) is 75.2 cm³/mol. The highest BCUT2D eigenvalue weighted by atomic mass is 16.3. The molecule has 20 heavy (non-hydrogen) atoms. The van der Waals surface area contributed by atoms with Crippen molar-refractivity contribution in [2.45, 2.75) is 33.6 Å². The Morgan fingerprint density at radius 2 is 1.95 bits per heavy atom. The van der Waals surface area contributed by atoms with E-state index in [0.717, 1.165) is 12.8 Å². The third kappa shape index (κ3) is 1.42. The lowest BCUT2D eigenvalue weighted by Crippen LogP contribution is -2.59. The Morgan fingerprint density at radius 1 is 1.25 bits per heavy atom. The second-order valence-corrected chi connectivity index (χ2v) is 6.64. The number of carbonyl (C=O) groups excluding carboxylic acids is 2. The predicted octanol–water partition coefficient (Wildman–Crippen LogP) is 2.71. The molecule has 1 aromatic rings. The van der Waals surface area contributed by atoms with Gasteiger partial charge in [0.15, 0.2) is 0 Å². The summed E-state index contributed by atoms with van der Waals surface area (Å²) in [6, 6.07) is 6.34. The molecule has 4 heteroatoms. The van der Waals surface area contributed by atoms with Gasteiger partial charge in [0.05, 0.1) is 11.1 Å². The van der Waals surface area contributed by atoms with Crippen molar-refractivity contribution in [1.29, 1.82) is 0 Å². The first-order valence-corrected chi connectivity index (χ1v) is 6.96. The summed E-state index contributed by atoms with van der Waals surface area (Å²) in [7, 11) is 0. The molecule has 2 amide bonds. The van der Waals surface area contributed by atoms with Gasteiger partial charge in [0.25, 0.3) is 0 Å². The number of benzene rings is 1. The van der Waals surface area contributed by atoms with Crippen LogP contribution in [0.25, 0.3) is 0 Å². The molecule has 106 valence electrons. The van der Waals surface area contributed by atoms with Crippen molar-refractivity contribution in [3.05, 3.63) is 24.3 Å². The number of anilines is 1. The molecule has 4 nitrogen and oxygen atoms in total. The van der Waals surface area contributed by atoms with Crippen molar-refractivity contribution in [3.8, 4) is 5.75 Å². The van der Waals surface area contributed by atoms with Crippen molar-refractivity contribution in [2.24, 2.45) is 16.7 Å². The van der Waals surface area contributed by atoms with E-state index < -0.39 is 5.41 Å². The molecule has 1 saturated carbocycles. The number of phenols is 1. The van der Waals surface area contributed by atoms with E-state index in [0.29, 0.717) is 5.69 Å². The molecule has 0 aromatic heterocycles. The van der Waals surface area contributed by atoms with Gasteiger partial charge in [0.2, 0.25) is 11.8 Å². The van der Waals surface area contributed by atoms with Gasteiger partial charge >= 0.3 is 0 Å². The molecule has 2 fully saturated rings. The van der Waals surface area contributed by atoms with E-state index in [1.165, 1.54) is 17.0 Å². The van der Waals surface area contributed by atoms with Gasteiger partial charge < -0.3 is 5.11 Å². The fourth-order valence-electron chi connectivity index (χ4n) is 3.69. The minimum atomic E-state index is -0.517. The van der Waals surface area contributed by atoms with Gasteiger partial charge in [0, 0.05) is 12.0 Å². The zero-order valence-electron chi connectivity index (χ0n) is 12.0. The first kappa shape index (κ1) is 13.2. The molecule has 1 aliphatic heterocycles. The summed E-state index contributed by atoms with van der Waals surface area (Å²) in [5, 5.41) is 9.58. The summed E-state index contributed by atoms with van der Waals surface area (Å²) in [6.45, 7) is 5.98. The molecule has 1 N–H and O–H groups in total. The molecule has 1 heterocycles. The number of hydrogen-bond acceptors (Lipinski definition) is 3. The number of fused-ring (bicyclic) bond motifs is 2. The highest BCUT2D eigenvalue weighted by Crippen LogP contribution is 2.60. The van der Waals surface area contributed by atoms with Gasteiger partial charge in [-0.25, -0.2) is 4.90 Å². The maximum atomic E-state index is 12.9. The van der Waals surface area contributed by atoms with Gasteiger partial charge in [0.1, 0.15) is 5.75 Å². The first-order chi connectivity index (χ1) is 9.29. The van der Waals surface area contributed by atoms with E-state index in [1.807, 2.05) is 20.8 Å². The molecular formula is C16H19NO3. The second kappa shape index (κ2) is 3.84. The van der Waals surface area contributed by atoms with Crippen LogP contribution in [-0.2, 0) is 9.59 Å². The quantitative estimate of drug-likeness (QED) is 0.800.